The topological polar surface area (TPSA) is 6.48 Å². The Balaban J connectivity index is 0.910. The van der Waals surface area contributed by atoms with Crippen LogP contribution in [0.3, 0.4) is 0 Å². The van der Waals surface area contributed by atoms with Crippen molar-refractivity contribution in [1.82, 2.24) is 0 Å². The maximum absolute atomic E-state index is 2.31. The number of nitrogens with zero attached hydrogens (tertiary/aromatic N) is 2. The third-order valence-electron chi connectivity index (χ3n) is 10.3. The third kappa shape index (κ3) is 7.37. The molecule has 0 bridgehead atoms. The van der Waals surface area contributed by atoms with Gasteiger partial charge in [-0.1, -0.05) is 170 Å². The molecule has 0 unspecified atom stereocenters. The largest absolute Gasteiger partial charge is 0.311 e. The van der Waals surface area contributed by atoms with E-state index in [1.807, 2.05) is 0 Å². The van der Waals surface area contributed by atoms with Crippen LogP contribution in [0, 0.1) is 0 Å². The highest BCUT2D eigenvalue weighted by Crippen LogP contribution is 2.38. The lowest BCUT2D eigenvalue weighted by Gasteiger charge is -2.26. The molecule has 266 valence electrons. The fraction of sp³-hybridized carbons (Fsp3) is 0. The fourth-order valence-corrected chi connectivity index (χ4v) is 7.38. The van der Waals surface area contributed by atoms with Gasteiger partial charge in [0.05, 0.1) is 0 Å². The van der Waals surface area contributed by atoms with Crippen LogP contribution in [0.1, 0.15) is 0 Å². The molecule has 0 N–H and O–H groups in total. The van der Waals surface area contributed by atoms with Crippen LogP contribution < -0.4 is 9.80 Å². The molecular weight excluding hydrogens is 677 g/mol. The monoisotopic (exact) mass is 716 g/mol. The van der Waals surface area contributed by atoms with Crippen LogP contribution in [0.4, 0.5) is 34.1 Å². The Hall–Kier alpha value is -7.42. The highest BCUT2D eigenvalue weighted by molar-refractivity contribution is 5.81. The summed E-state index contributed by atoms with van der Waals surface area (Å²) in [6.07, 6.45) is 0. The molecule has 56 heavy (non-hydrogen) atoms. The minimum atomic E-state index is 1.11. The van der Waals surface area contributed by atoms with Crippen molar-refractivity contribution in [2.75, 3.05) is 9.80 Å². The Labute approximate surface area is 329 Å². The number of para-hydroxylation sites is 3. The molecule has 0 saturated carbocycles. The Morgan fingerprint density at radius 2 is 0.304 bits per heavy atom. The van der Waals surface area contributed by atoms with Crippen molar-refractivity contribution < 1.29 is 0 Å². The molecule has 0 aliphatic heterocycles. The van der Waals surface area contributed by atoms with Crippen molar-refractivity contribution in [1.29, 1.82) is 0 Å². The molecule has 0 saturated heterocycles. The molecule has 0 atom stereocenters. The Morgan fingerprint density at radius 3 is 0.536 bits per heavy atom. The number of anilines is 6. The summed E-state index contributed by atoms with van der Waals surface area (Å²) in [4.78, 5) is 4.60. The van der Waals surface area contributed by atoms with E-state index >= 15 is 0 Å². The Kier molecular flexibility index (Phi) is 9.75. The van der Waals surface area contributed by atoms with Crippen LogP contribution in [-0.2, 0) is 0 Å². The molecule has 0 aliphatic carbocycles. The van der Waals surface area contributed by atoms with E-state index in [0.717, 1.165) is 34.1 Å². The molecule has 0 spiro atoms. The molecule has 2 nitrogen and oxygen atoms in total. The average Bonchev–Trinajstić information content (AvgIpc) is 3.29. The molecular formula is C54H40N2. The lowest BCUT2D eigenvalue weighted by molar-refractivity contribution is 1.28. The zero-order valence-electron chi connectivity index (χ0n) is 31.0. The van der Waals surface area contributed by atoms with Crippen molar-refractivity contribution in [3.63, 3.8) is 0 Å². The highest BCUT2D eigenvalue weighted by atomic mass is 15.1. The van der Waals surface area contributed by atoms with Gasteiger partial charge in [0.2, 0.25) is 0 Å². The molecule has 0 fully saturated rings. The lowest BCUT2D eigenvalue weighted by atomic mass is 9.98. The van der Waals surface area contributed by atoms with E-state index in [2.05, 4.69) is 252 Å². The summed E-state index contributed by atoms with van der Waals surface area (Å²) in [7, 11) is 0. The summed E-state index contributed by atoms with van der Waals surface area (Å²) in [5.41, 5.74) is 16.3. The van der Waals surface area contributed by atoms with Crippen LogP contribution in [0.25, 0.3) is 44.5 Å². The van der Waals surface area contributed by atoms with E-state index in [9.17, 15) is 0 Å². The minimum Gasteiger partial charge on any atom is -0.311 e. The number of hydrogen-bond acceptors (Lipinski definition) is 2. The van der Waals surface area contributed by atoms with Gasteiger partial charge in [0.1, 0.15) is 0 Å². The van der Waals surface area contributed by atoms with Crippen molar-refractivity contribution in [3.8, 4) is 44.5 Å². The molecule has 0 amide bonds. The average molecular weight is 717 g/mol. The number of rotatable bonds is 10. The molecule has 0 radical (unpaired) electrons. The van der Waals surface area contributed by atoms with Gasteiger partial charge in [-0.05, 0) is 117 Å². The SMILES string of the molecule is c1ccc(-c2ccc(N(c3ccccc3)c3ccc(-c4ccc(-c5ccc(-c6ccc(N(c7ccccc7)c7ccccc7)cc6)cc5)cc4)cc3)cc2)cc1. The van der Waals surface area contributed by atoms with E-state index < -0.39 is 0 Å². The summed E-state index contributed by atoms with van der Waals surface area (Å²) < 4.78 is 0. The Morgan fingerprint density at radius 1 is 0.143 bits per heavy atom. The first-order valence-corrected chi connectivity index (χ1v) is 19.1. The molecule has 0 aliphatic rings. The highest BCUT2D eigenvalue weighted by Gasteiger charge is 2.14. The molecule has 2 heteroatoms. The van der Waals surface area contributed by atoms with E-state index in [1.165, 1.54) is 44.5 Å². The van der Waals surface area contributed by atoms with Crippen LogP contribution in [0.5, 0.6) is 0 Å². The van der Waals surface area contributed by atoms with Gasteiger partial charge >= 0.3 is 0 Å². The zero-order valence-corrected chi connectivity index (χ0v) is 31.0. The van der Waals surface area contributed by atoms with E-state index in [1.54, 1.807) is 0 Å². The standard InChI is InChI=1S/C54H40N2/c1-5-13-41(14-6-1)46-29-35-53(36-30-46)56(51-19-11-4-12-20-51)54-39-33-48(34-40-54)45-27-23-43(24-28-45)42-21-25-44(26-22-42)47-31-37-52(38-32-47)55(49-15-7-2-8-16-49)50-17-9-3-10-18-50/h1-40H. The zero-order chi connectivity index (χ0) is 37.5. The summed E-state index contributed by atoms with van der Waals surface area (Å²) >= 11 is 0. The fourth-order valence-electron chi connectivity index (χ4n) is 7.38. The summed E-state index contributed by atoms with van der Waals surface area (Å²) in [5, 5.41) is 0. The first-order valence-electron chi connectivity index (χ1n) is 19.1. The van der Waals surface area contributed by atoms with E-state index in [-0.39, 0.29) is 0 Å². The van der Waals surface area contributed by atoms with Crippen LogP contribution in [-0.4, -0.2) is 0 Å². The molecule has 9 rings (SSSR count). The van der Waals surface area contributed by atoms with Gasteiger partial charge in [-0.3, -0.25) is 0 Å². The predicted molar refractivity (Wildman–Crippen MR) is 238 cm³/mol. The van der Waals surface area contributed by atoms with Gasteiger partial charge in [0, 0.05) is 34.1 Å². The van der Waals surface area contributed by atoms with E-state index in [4.69, 9.17) is 0 Å². The summed E-state index contributed by atoms with van der Waals surface area (Å²) in [5.74, 6) is 0. The van der Waals surface area contributed by atoms with Gasteiger partial charge in [0.15, 0.2) is 0 Å². The van der Waals surface area contributed by atoms with Gasteiger partial charge in [0.25, 0.3) is 0 Å². The number of hydrogen-bond donors (Lipinski definition) is 0. The van der Waals surface area contributed by atoms with E-state index in [0.29, 0.717) is 0 Å². The smallest absolute Gasteiger partial charge is 0.0462 e. The van der Waals surface area contributed by atoms with Crippen molar-refractivity contribution >= 4 is 34.1 Å². The summed E-state index contributed by atoms with van der Waals surface area (Å²) in [6, 6.07) is 86.4. The molecule has 9 aromatic carbocycles. The third-order valence-corrected chi connectivity index (χ3v) is 10.3. The molecule has 9 aromatic rings. The van der Waals surface area contributed by atoms with Crippen LogP contribution >= 0.6 is 0 Å². The quantitative estimate of drug-likeness (QED) is 0.139. The molecule has 0 heterocycles. The Bertz CT molecular complexity index is 2560. The van der Waals surface area contributed by atoms with Gasteiger partial charge in [-0.15, -0.1) is 0 Å². The second kappa shape index (κ2) is 15.9. The first kappa shape index (κ1) is 34.4. The maximum Gasteiger partial charge on any atom is 0.0462 e. The second-order valence-electron chi connectivity index (χ2n) is 13.8. The van der Waals surface area contributed by atoms with Crippen molar-refractivity contribution in [2.24, 2.45) is 0 Å². The van der Waals surface area contributed by atoms with Crippen LogP contribution in [0.2, 0.25) is 0 Å². The second-order valence-corrected chi connectivity index (χ2v) is 13.8. The lowest BCUT2D eigenvalue weighted by Crippen LogP contribution is -2.09. The summed E-state index contributed by atoms with van der Waals surface area (Å²) in [6.45, 7) is 0. The van der Waals surface area contributed by atoms with Crippen molar-refractivity contribution in [3.05, 3.63) is 243 Å². The van der Waals surface area contributed by atoms with Gasteiger partial charge < -0.3 is 9.80 Å². The van der Waals surface area contributed by atoms with Crippen LogP contribution in [0.15, 0.2) is 243 Å². The number of benzene rings is 9. The minimum absolute atomic E-state index is 1.11. The normalized spacial score (nSPS) is 10.9. The van der Waals surface area contributed by atoms with Gasteiger partial charge in [-0.25, -0.2) is 0 Å². The van der Waals surface area contributed by atoms with Crippen molar-refractivity contribution in [2.45, 2.75) is 0 Å². The maximum atomic E-state index is 2.31. The van der Waals surface area contributed by atoms with Gasteiger partial charge in [-0.2, -0.15) is 0 Å². The molecule has 0 aromatic heterocycles. The first-order chi connectivity index (χ1) is 27.8. The predicted octanol–water partition coefficient (Wildman–Crippen LogP) is 15.3.